The van der Waals surface area contributed by atoms with Crippen molar-refractivity contribution in [2.45, 2.75) is 25.9 Å². The number of hydrogen-bond donors (Lipinski definition) is 1. The Bertz CT molecular complexity index is 906. The molecule has 2 aromatic carbocycles. The number of benzene rings is 2. The molecule has 0 spiro atoms. The number of thioether (sulfide) groups is 1. The number of aromatic nitrogens is 4. The number of nitrogens with one attached hydrogen (secondary N) is 1. The molecular formula is C18H19N5OS. The first kappa shape index (κ1) is 17.2. The van der Waals surface area contributed by atoms with Gasteiger partial charge in [-0.15, -0.1) is 5.10 Å². The number of tetrazole rings is 1. The average molecular weight is 353 g/mol. The van der Waals surface area contributed by atoms with E-state index in [1.54, 1.807) is 4.68 Å². The van der Waals surface area contributed by atoms with Crippen LogP contribution in [-0.2, 0) is 4.79 Å². The summed E-state index contributed by atoms with van der Waals surface area (Å²) in [4.78, 5) is 12.2. The third kappa shape index (κ3) is 4.06. The van der Waals surface area contributed by atoms with Gasteiger partial charge in [0.05, 0.1) is 11.4 Å². The zero-order valence-electron chi connectivity index (χ0n) is 14.4. The third-order valence-electron chi connectivity index (χ3n) is 3.77. The van der Waals surface area contributed by atoms with Crippen molar-refractivity contribution in [2.24, 2.45) is 0 Å². The van der Waals surface area contributed by atoms with Crippen LogP contribution in [0.15, 0.2) is 47.6 Å². The third-order valence-corrected chi connectivity index (χ3v) is 4.69. The summed E-state index contributed by atoms with van der Waals surface area (Å²) >= 11 is 1.31. The van der Waals surface area contributed by atoms with Crippen LogP contribution in [-0.4, -0.2) is 31.9 Å². The quantitative estimate of drug-likeness (QED) is 0.713. The zero-order valence-corrected chi connectivity index (χ0v) is 15.2. The Morgan fingerprint density at radius 1 is 1.12 bits per heavy atom. The monoisotopic (exact) mass is 353 g/mol. The van der Waals surface area contributed by atoms with Gasteiger partial charge in [0.1, 0.15) is 0 Å². The summed E-state index contributed by atoms with van der Waals surface area (Å²) < 4.78 is 1.66. The molecule has 0 bridgehead atoms. The molecular weight excluding hydrogens is 334 g/mol. The molecule has 0 saturated heterocycles. The first-order valence-electron chi connectivity index (χ1n) is 7.89. The lowest BCUT2D eigenvalue weighted by Crippen LogP contribution is -2.15. The van der Waals surface area contributed by atoms with Crippen LogP contribution in [0.3, 0.4) is 0 Å². The SMILES string of the molecule is Cc1ccc(NC(=O)CSc2nnnn2-c2ccccc2C)c(C)c1. The van der Waals surface area contributed by atoms with Crippen molar-refractivity contribution < 1.29 is 4.79 Å². The fourth-order valence-corrected chi connectivity index (χ4v) is 3.18. The second-order valence-electron chi connectivity index (χ2n) is 5.81. The lowest BCUT2D eigenvalue weighted by Gasteiger charge is -2.09. The van der Waals surface area contributed by atoms with Crippen LogP contribution >= 0.6 is 11.8 Å². The molecule has 0 unspecified atom stereocenters. The maximum atomic E-state index is 12.2. The Hall–Kier alpha value is -2.67. The van der Waals surface area contributed by atoms with Crippen LogP contribution in [0.4, 0.5) is 5.69 Å². The van der Waals surface area contributed by atoms with Crippen LogP contribution in [0.5, 0.6) is 0 Å². The van der Waals surface area contributed by atoms with Gasteiger partial charge >= 0.3 is 0 Å². The van der Waals surface area contributed by atoms with Crippen molar-refractivity contribution >= 4 is 23.4 Å². The molecule has 7 heteroatoms. The number of anilines is 1. The summed E-state index contributed by atoms with van der Waals surface area (Å²) in [6, 6.07) is 13.8. The van der Waals surface area contributed by atoms with Crippen molar-refractivity contribution in [3.8, 4) is 5.69 Å². The molecule has 0 saturated carbocycles. The summed E-state index contributed by atoms with van der Waals surface area (Å²) in [6.45, 7) is 6.01. The molecule has 0 atom stereocenters. The molecule has 1 N–H and O–H groups in total. The Labute approximate surface area is 150 Å². The van der Waals surface area contributed by atoms with Gasteiger partial charge in [-0.05, 0) is 54.5 Å². The van der Waals surface area contributed by atoms with Gasteiger partial charge < -0.3 is 5.32 Å². The van der Waals surface area contributed by atoms with Gasteiger partial charge in [0.25, 0.3) is 0 Å². The fourth-order valence-electron chi connectivity index (χ4n) is 2.49. The second-order valence-corrected chi connectivity index (χ2v) is 6.76. The molecule has 6 nitrogen and oxygen atoms in total. The van der Waals surface area contributed by atoms with E-state index in [1.165, 1.54) is 17.3 Å². The number of aryl methyl sites for hydroxylation is 3. The summed E-state index contributed by atoms with van der Waals surface area (Å²) in [5.74, 6) is 0.149. The maximum Gasteiger partial charge on any atom is 0.234 e. The number of carbonyl (C=O) groups excluding carboxylic acids is 1. The fraction of sp³-hybridized carbons (Fsp3) is 0.222. The van der Waals surface area contributed by atoms with E-state index in [4.69, 9.17) is 0 Å². The summed E-state index contributed by atoms with van der Waals surface area (Å²) in [5.41, 5.74) is 5.02. The molecule has 128 valence electrons. The topological polar surface area (TPSA) is 72.7 Å². The van der Waals surface area contributed by atoms with Gasteiger partial charge in [0.15, 0.2) is 0 Å². The summed E-state index contributed by atoms with van der Waals surface area (Å²) in [5, 5.41) is 15.3. The largest absolute Gasteiger partial charge is 0.325 e. The summed E-state index contributed by atoms with van der Waals surface area (Å²) in [6.07, 6.45) is 0. The Morgan fingerprint density at radius 3 is 2.68 bits per heavy atom. The van der Waals surface area contributed by atoms with Gasteiger partial charge in [-0.25, -0.2) is 0 Å². The van der Waals surface area contributed by atoms with Crippen molar-refractivity contribution in [1.29, 1.82) is 0 Å². The maximum absolute atomic E-state index is 12.2. The number of rotatable bonds is 5. The number of amides is 1. The van der Waals surface area contributed by atoms with Crippen molar-refractivity contribution in [1.82, 2.24) is 20.2 Å². The highest BCUT2D eigenvalue weighted by Crippen LogP contribution is 2.21. The normalized spacial score (nSPS) is 10.7. The van der Waals surface area contributed by atoms with Crippen LogP contribution in [0, 0.1) is 20.8 Å². The van der Waals surface area contributed by atoms with E-state index in [-0.39, 0.29) is 11.7 Å². The van der Waals surface area contributed by atoms with E-state index in [1.807, 2.05) is 63.2 Å². The van der Waals surface area contributed by atoms with Gasteiger partial charge in [-0.3, -0.25) is 4.79 Å². The highest BCUT2D eigenvalue weighted by molar-refractivity contribution is 7.99. The highest BCUT2D eigenvalue weighted by atomic mass is 32.2. The molecule has 0 aliphatic heterocycles. The molecule has 0 aliphatic carbocycles. The minimum Gasteiger partial charge on any atom is -0.325 e. The first-order valence-corrected chi connectivity index (χ1v) is 8.87. The van der Waals surface area contributed by atoms with Crippen LogP contribution in [0.25, 0.3) is 5.69 Å². The van der Waals surface area contributed by atoms with Gasteiger partial charge in [-0.2, -0.15) is 4.68 Å². The molecule has 0 radical (unpaired) electrons. The van der Waals surface area contributed by atoms with E-state index in [0.717, 1.165) is 22.5 Å². The highest BCUT2D eigenvalue weighted by Gasteiger charge is 2.13. The molecule has 25 heavy (non-hydrogen) atoms. The van der Waals surface area contributed by atoms with Crippen LogP contribution in [0.2, 0.25) is 0 Å². The van der Waals surface area contributed by atoms with E-state index in [0.29, 0.717) is 5.16 Å². The molecule has 0 aliphatic rings. The van der Waals surface area contributed by atoms with Crippen molar-refractivity contribution in [2.75, 3.05) is 11.1 Å². The van der Waals surface area contributed by atoms with Gasteiger partial charge in [0, 0.05) is 5.69 Å². The second kappa shape index (κ2) is 7.48. The van der Waals surface area contributed by atoms with E-state index < -0.39 is 0 Å². The lowest BCUT2D eigenvalue weighted by atomic mass is 10.1. The lowest BCUT2D eigenvalue weighted by molar-refractivity contribution is -0.113. The first-order chi connectivity index (χ1) is 12.0. The predicted molar refractivity (Wildman–Crippen MR) is 99.2 cm³/mol. The minimum atomic E-state index is -0.0868. The number of nitrogens with zero attached hydrogens (tertiary/aromatic N) is 4. The average Bonchev–Trinajstić information content (AvgIpc) is 3.04. The molecule has 1 heterocycles. The summed E-state index contributed by atoms with van der Waals surface area (Å²) in [7, 11) is 0. The molecule has 3 rings (SSSR count). The van der Waals surface area contributed by atoms with Crippen molar-refractivity contribution in [3.63, 3.8) is 0 Å². The number of carbonyl (C=O) groups is 1. The molecule has 1 amide bonds. The van der Waals surface area contributed by atoms with Gasteiger partial charge in [0.2, 0.25) is 11.1 Å². The molecule has 3 aromatic rings. The van der Waals surface area contributed by atoms with E-state index in [2.05, 4.69) is 20.8 Å². The zero-order chi connectivity index (χ0) is 17.8. The minimum absolute atomic E-state index is 0.0868. The number of hydrogen-bond acceptors (Lipinski definition) is 5. The van der Waals surface area contributed by atoms with Crippen LogP contribution < -0.4 is 5.32 Å². The Balaban J connectivity index is 1.67. The smallest absolute Gasteiger partial charge is 0.234 e. The molecule has 1 aromatic heterocycles. The molecule has 0 fully saturated rings. The van der Waals surface area contributed by atoms with Crippen LogP contribution in [0.1, 0.15) is 16.7 Å². The van der Waals surface area contributed by atoms with E-state index in [9.17, 15) is 4.79 Å². The Morgan fingerprint density at radius 2 is 1.92 bits per heavy atom. The Kier molecular flexibility index (Phi) is 5.14. The number of para-hydroxylation sites is 1. The predicted octanol–water partition coefficient (Wildman–Crippen LogP) is 3.32. The van der Waals surface area contributed by atoms with E-state index >= 15 is 0 Å². The van der Waals surface area contributed by atoms with Crippen molar-refractivity contribution in [3.05, 3.63) is 59.2 Å². The standard InChI is InChI=1S/C18H19N5OS/c1-12-8-9-15(14(3)10-12)19-17(24)11-25-18-20-21-22-23(18)16-7-5-4-6-13(16)2/h4-10H,11H2,1-3H3,(H,19,24). The van der Waals surface area contributed by atoms with Gasteiger partial charge in [-0.1, -0.05) is 47.7 Å².